The van der Waals surface area contributed by atoms with Gasteiger partial charge in [0.05, 0.1) is 6.04 Å². The summed E-state index contributed by atoms with van der Waals surface area (Å²) in [7, 11) is 0. The van der Waals surface area contributed by atoms with Gasteiger partial charge in [-0.3, -0.25) is 4.79 Å². The van der Waals surface area contributed by atoms with Crippen molar-refractivity contribution in [1.82, 2.24) is 10.6 Å². The molecule has 0 aromatic heterocycles. The zero-order valence-electron chi connectivity index (χ0n) is 6.73. The Kier molecular flexibility index (Phi) is 3.52. The summed E-state index contributed by atoms with van der Waals surface area (Å²) in [4.78, 5) is 11.3. The van der Waals surface area contributed by atoms with Crippen molar-refractivity contribution < 1.29 is 4.79 Å². The molecule has 3 heteroatoms. The van der Waals surface area contributed by atoms with Crippen LogP contribution in [0.1, 0.15) is 12.8 Å². The molecule has 1 unspecified atom stereocenters. The zero-order valence-corrected chi connectivity index (χ0v) is 6.73. The standard InChI is InChI=1S/C8H15N2O/c1-2-3-8(11)7-6-9-4-5-10-7/h7,9-10H,1-6H2. The molecule has 1 aliphatic rings. The lowest BCUT2D eigenvalue weighted by atomic mass is 10.1. The fourth-order valence-corrected chi connectivity index (χ4v) is 1.23. The number of ketones is 1. The first-order valence-electron chi connectivity index (χ1n) is 4.10. The Bertz CT molecular complexity index is 130. The van der Waals surface area contributed by atoms with Gasteiger partial charge in [-0.1, -0.05) is 6.92 Å². The van der Waals surface area contributed by atoms with E-state index >= 15 is 0 Å². The monoisotopic (exact) mass is 155 g/mol. The first-order valence-corrected chi connectivity index (χ1v) is 4.10. The molecule has 63 valence electrons. The Balaban J connectivity index is 2.27. The zero-order chi connectivity index (χ0) is 8.10. The number of hydrogen-bond donors (Lipinski definition) is 2. The van der Waals surface area contributed by atoms with E-state index in [2.05, 4.69) is 17.6 Å². The third-order valence-corrected chi connectivity index (χ3v) is 1.85. The van der Waals surface area contributed by atoms with Crippen LogP contribution in [0.4, 0.5) is 0 Å². The maximum absolute atomic E-state index is 11.3. The highest BCUT2D eigenvalue weighted by atomic mass is 16.1. The van der Waals surface area contributed by atoms with Crippen LogP contribution in [0.3, 0.4) is 0 Å². The van der Waals surface area contributed by atoms with Crippen LogP contribution in [0, 0.1) is 6.92 Å². The lowest BCUT2D eigenvalue weighted by Gasteiger charge is -2.22. The van der Waals surface area contributed by atoms with E-state index < -0.39 is 0 Å². The van der Waals surface area contributed by atoms with Crippen molar-refractivity contribution >= 4 is 5.78 Å². The van der Waals surface area contributed by atoms with Crippen LogP contribution in [0.15, 0.2) is 0 Å². The van der Waals surface area contributed by atoms with Crippen molar-refractivity contribution in [3.63, 3.8) is 0 Å². The van der Waals surface area contributed by atoms with Gasteiger partial charge in [0.1, 0.15) is 0 Å². The molecular formula is C8H15N2O. The lowest BCUT2D eigenvalue weighted by Crippen LogP contribution is -2.52. The molecule has 0 aliphatic carbocycles. The SMILES string of the molecule is [CH2]CCC(=O)C1CNCCN1. The molecule has 0 spiro atoms. The molecule has 0 bridgehead atoms. The smallest absolute Gasteiger partial charge is 0.151 e. The normalized spacial score (nSPS) is 25.0. The van der Waals surface area contributed by atoms with Crippen molar-refractivity contribution in [3.05, 3.63) is 6.92 Å². The van der Waals surface area contributed by atoms with Gasteiger partial charge in [0.15, 0.2) is 5.78 Å². The second-order valence-electron chi connectivity index (χ2n) is 2.78. The van der Waals surface area contributed by atoms with Gasteiger partial charge in [0.2, 0.25) is 0 Å². The van der Waals surface area contributed by atoms with E-state index in [4.69, 9.17) is 0 Å². The molecule has 1 aliphatic heterocycles. The highest BCUT2D eigenvalue weighted by Gasteiger charge is 2.18. The van der Waals surface area contributed by atoms with Gasteiger partial charge in [0, 0.05) is 26.1 Å². The molecule has 0 aromatic carbocycles. The lowest BCUT2D eigenvalue weighted by molar-refractivity contribution is -0.121. The molecule has 1 heterocycles. The quantitative estimate of drug-likeness (QED) is 0.589. The number of piperazine rings is 1. The van der Waals surface area contributed by atoms with E-state index in [1.54, 1.807) is 0 Å². The number of nitrogens with one attached hydrogen (secondary N) is 2. The van der Waals surface area contributed by atoms with E-state index in [1.807, 2.05) is 0 Å². The average Bonchev–Trinajstić information content (AvgIpc) is 2.07. The second kappa shape index (κ2) is 4.46. The predicted molar refractivity (Wildman–Crippen MR) is 44.3 cm³/mol. The summed E-state index contributed by atoms with van der Waals surface area (Å²) in [5.41, 5.74) is 0. The maximum Gasteiger partial charge on any atom is 0.151 e. The van der Waals surface area contributed by atoms with E-state index in [9.17, 15) is 4.79 Å². The van der Waals surface area contributed by atoms with Crippen LogP contribution < -0.4 is 10.6 Å². The molecule has 0 saturated carbocycles. The Labute approximate surface area is 67.5 Å². The first kappa shape index (κ1) is 8.68. The number of carbonyl (C=O) groups excluding carboxylic acids is 1. The number of Topliss-reactive ketones (excluding diaryl/α,β-unsaturated/α-hetero) is 1. The summed E-state index contributed by atoms with van der Waals surface area (Å²) >= 11 is 0. The van der Waals surface area contributed by atoms with Crippen LogP contribution in [-0.4, -0.2) is 31.5 Å². The van der Waals surface area contributed by atoms with Crippen LogP contribution >= 0.6 is 0 Å². The molecule has 1 fully saturated rings. The van der Waals surface area contributed by atoms with Crippen LogP contribution in [0.2, 0.25) is 0 Å². The van der Waals surface area contributed by atoms with Gasteiger partial charge >= 0.3 is 0 Å². The Hall–Kier alpha value is -0.410. The van der Waals surface area contributed by atoms with Crippen molar-refractivity contribution in [2.45, 2.75) is 18.9 Å². The van der Waals surface area contributed by atoms with E-state index in [0.717, 1.165) is 19.6 Å². The molecule has 1 radical (unpaired) electrons. The van der Waals surface area contributed by atoms with E-state index in [1.165, 1.54) is 0 Å². The molecule has 1 atom stereocenters. The summed E-state index contributed by atoms with van der Waals surface area (Å²) in [6.07, 6.45) is 1.30. The molecule has 1 rings (SSSR count). The van der Waals surface area contributed by atoms with Crippen molar-refractivity contribution in [2.75, 3.05) is 19.6 Å². The maximum atomic E-state index is 11.3. The summed E-state index contributed by atoms with van der Waals surface area (Å²) in [6, 6.07) is 0.0329. The topological polar surface area (TPSA) is 41.1 Å². The Morgan fingerprint density at radius 1 is 1.55 bits per heavy atom. The van der Waals surface area contributed by atoms with Crippen molar-refractivity contribution in [2.24, 2.45) is 0 Å². The van der Waals surface area contributed by atoms with E-state index in [-0.39, 0.29) is 11.8 Å². The minimum absolute atomic E-state index is 0.0329. The summed E-state index contributed by atoms with van der Waals surface area (Å²) < 4.78 is 0. The molecule has 1 saturated heterocycles. The van der Waals surface area contributed by atoms with E-state index in [0.29, 0.717) is 12.8 Å². The van der Waals surface area contributed by atoms with Gasteiger partial charge in [-0.25, -0.2) is 0 Å². The summed E-state index contributed by atoms with van der Waals surface area (Å²) in [5.74, 6) is 0.284. The largest absolute Gasteiger partial charge is 0.313 e. The number of carbonyl (C=O) groups is 1. The van der Waals surface area contributed by atoms with Crippen molar-refractivity contribution in [1.29, 1.82) is 0 Å². The molecule has 0 amide bonds. The number of rotatable bonds is 3. The van der Waals surface area contributed by atoms with Gasteiger partial charge in [-0.05, 0) is 6.42 Å². The molecular weight excluding hydrogens is 140 g/mol. The van der Waals surface area contributed by atoms with Gasteiger partial charge in [-0.15, -0.1) is 0 Å². The fraction of sp³-hybridized carbons (Fsp3) is 0.750. The molecule has 0 aromatic rings. The third kappa shape index (κ3) is 2.60. The Morgan fingerprint density at radius 2 is 2.36 bits per heavy atom. The van der Waals surface area contributed by atoms with Crippen LogP contribution in [-0.2, 0) is 4.79 Å². The summed E-state index contributed by atoms with van der Waals surface area (Å²) in [6.45, 7) is 6.29. The van der Waals surface area contributed by atoms with Gasteiger partial charge < -0.3 is 10.6 Å². The fourth-order valence-electron chi connectivity index (χ4n) is 1.23. The minimum Gasteiger partial charge on any atom is -0.313 e. The molecule has 2 N–H and O–H groups in total. The highest BCUT2D eigenvalue weighted by Crippen LogP contribution is 1.96. The van der Waals surface area contributed by atoms with Crippen molar-refractivity contribution in [3.8, 4) is 0 Å². The second-order valence-corrected chi connectivity index (χ2v) is 2.78. The van der Waals surface area contributed by atoms with Crippen LogP contribution in [0.25, 0.3) is 0 Å². The minimum atomic E-state index is 0.0329. The van der Waals surface area contributed by atoms with Crippen LogP contribution in [0.5, 0.6) is 0 Å². The predicted octanol–water partition coefficient (Wildman–Crippen LogP) is -0.269. The number of hydrogen-bond acceptors (Lipinski definition) is 3. The third-order valence-electron chi connectivity index (χ3n) is 1.85. The van der Waals surface area contributed by atoms with Gasteiger partial charge in [-0.2, -0.15) is 0 Å². The first-order chi connectivity index (χ1) is 5.34. The Morgan fingerprint density at radius 3 is 2.91 bits per heavy atom. The summed E-state index contributed by atoms with van der Waals surface area (Å²) in [5, 5.41) is 6.33. The van der Waals surface area contributed by atoms with Gasteiger partial charge in [0.25, 0.3) is 0 Å². The highest BCUT2D eigenvalue weighted by molar-refractivity contribution is 5.84. The average molecular weight is 155 g/mol. The molecule has 3 nitrogen and oxygen atoms in total. The molecule has 11 heavy (non-hydrogen) atoms.